The number of hydrogen-bond donors (Lipinski definition) is 3. The number of imidazole rings is 2. The molecular formula is C43H41N11S2. The van der Waals surface area contributed by atoms with Crippen molar-refractivity contribution in [3.63, 3.8) is 0 Å². The summed E-state index contributed by atoms with van der Waals surface area (Å²) in [5, 5.41) is 5.26. The van der Waals surface area contributed by atoms with Gasteiger partial charge in [-0.3, -0.25) is 0 Å². The molecule has 6 heterocycles. The van der Waals surface area contributed by atoms with Crippen LogP contribution in [0.5, 0.6) is 0 Å². The van der Waals surface area contributed by atoms with E-state index in [9.17, 15) is 0 Å². The van der Waals surface area contributed by atoms with Gasteiger partial charge in [0.05, 0.1) is 56.0 Å². The van der Waals surface area contributed by atoms with Crippen LogP contribution in [0.15, 0.2) is 128 Å². The Balaban J connectivity index is 0.000000159. The molecule has 0 saturated carbocycles. The number of benzene rings is 3. The van der Waals surface area contributed by atoms with Gasteiger partial charge in [-0.2, -0.15) is 0 Å². The van der Waals surface area contributed by atoms with Crippen LogP contribution >= 0.6 is 22.7 Å². The summed E-state index contributed by atoms with van der Waals surface area (Å²) in [7, 11) is 0. The van der Waals surface area contributed by atoms with Crippen molar-refractivity contribution in [1.29, 1.82) is 0 Å². The minimum atomic E-state index is 0.501. The predicted octanol–water partition coefficient (Wildman–Crippen LogP) is 9.77. The summed E-state index contributed by atoms with van der Waals surface area (Å²) in [5.74, 6) is 1.60. The molecule has 0 radical (unpaired) electrons. The fraction of sp³-hybridized carbons (Fsp3) is 0.163. The molecule has 0 aliphatic rings. The van der Waals surface area contributed by atoms with Crippen molar-refractivity contribution in [2.45, 2.75) is 33.4 Å². The van der Waals surface area contributed by atoms with Crippen LogP contribution in [-0.4, -0.2) is 45.6 Å². The molecule has 3 aromatic carbocycles. The quantitative estimate of drug-likeness (QED) is 0.117. The second kappa shape index (κ2) is 16.5. The third kappa shape index (κ3) is 7.72. The zero-order valence-corrected chi connectivity index (χ0v) is 32.7. The first-order chi connectivity index (χ1) is 27.5. The van der Waals surface area contributed by atoms with Gasteiger partial charge in [-0.05, 0) is 30.2 Å². The zero-order valence-electron chi connectivity index (χ0n) is 31.1. The molecule has 0 spiro atoms. The molecule has 9 rings (SSSR count). The maximum absolute atomic E-state index is 6.08. The first-order valence-electron chi connectivity index (χ1n) is 18.5. The molecule has 280 valence electrons. The maximum Gasteiger partial charge on any atom is 0.135 e. The minimum absolute atomic E-state index is 0.501. The lowest BCUT2D eigenvalue weighted by Crippen LogP contribution is -2.10. The van der Waals surface area contributed by atoms with Crippen LogP contribution in [0, 0.1) is 5.92 Å². The van der Waals surface area contributed by atoms with Gasteiger partial charge in [-0.15, -0.1) is 22.7 Å². The van der Waals surface area contributed by atoms with Crippen LogP contribution in [0.25, 0.3) is 64.1 Å². The Labute approximate surface area is 332 Å². The van der Waals surface area contributed by atoms with Gasteiger partial charge in [-0.25, -0.2) is 29.9 Å². The maximum atomic E-state index is 6.08. The smallest absolute Gasteiger partial charge is 0.135 e. The predicted molar refractivity (Wildman–Crippen MR) is 231 cm³/mol. The fourth-order valence-corrected chi connectivity index (χ4v) is 8.66. The van der Waals surface area contributed by atoms with Crippen LogP contribution in [-0.2, 0) is 13.1 Å². The van der Waals surface area contributed by atoms with Crippen molar-refractivity contribution in [2.75, 3.05) is 23.3 Å². The van der Waals surface area contributed by atoms with Crippen LogP contribution in [0.4, 0.5) is 17.3 Å². The highest BCUT2D eigenvalue weighted by Crippen LogP contribution is 2.40. The largest absolute Gasteiger partial charge is 0.383 e. The molecule has 0 fully saturated rings. The summed E-state index contributed by atoms with van der Waals surface area (Å²) in [5.41, 5.74) is 19.6. The number of fused-ring (bicyclic) bond motifs is 2. The molecule has 0 amide bonds. The van der Waals surface area contributed by atoms with Crippen LogP contribution in [0.2, 0.25) is 0 Å². The average molecular weight is 776 g/mol. The summed E-state index contributed by atoms with van der Waals surface area (Å²) in [6, 6.07) is 34.9. The molecule has 13 heteroatoms. The van der Waals surface area contributed by atoms with Crippen molar-refractivity contribution in [2.24, 2.45) is 5.92 Å². The monoisotopic (exact) mass is 775 g/mol. The molecule has 5 N–H and O–H groups in total. The normalized spacial score (nSPS) is 11.8. The third-order valence-electron chi connectivity index (χ3n) is 9.62. The Kier molecular flexibility index (Phi) is 10.8. The number of nitrogen functional groups attached to an aromatic ring is 2. The Morgan fingerprint density at radius 1 is 0.625 bits per heavy atom. The molecular weight excluding hydrogens is 735 g/mol. The molecule has 0 aliphatic heterocycles. The molecule has 0 bridgehead atoms. The Morgan fingerprint density at radius 2 is 1.11 bits per heavy atom. The standard InChI is InChI=1S/C23H20N6S.C20H21N5S/c24-22-18-13-19(30-23(18)27-14-26-22)21-20(16-7-3-1-4-8-16)28-15-29(21)12-11-25-17-9-5-2-6-10-17;1-3-13(2)10-25-12-24-17(14-7-5-4-6-8-14)18(25)16-9-15-19(21)22-11-23-20(15)26-16/h1-10,13-15,25H,11-12H2,(H2,24,26,27);4-9,11-13H,3,10H2,1-2H3,(H2,21,22,23). The summed E-state index contributed by atoms with van der Waals surface area (Å²) >= 11 is 3.24. The number of para-hydroxylation sites is 1. The number of anilines is 3. The number of thiophene rings is 2. The van der Waals surface area contributed by atoms with Crippen LogP contribution < -0.4 is 16.8 Å². The van der Waals surface area contributed by atoms with Crippen molar-refractivity contribution < 1.29 is 0 Å². The topological polar surface area (TPSA) is 151 Å². The average Bonchev–Trinajstić information content (AvgIpc) is 4.05. The SMILES string of the molecule is CCC(C)Cn1cnc(-c2ccccc2)c1-c1cc2c(N)ncnc2s1.Nc1ncnc2sc(-c3c(-c4ccccc4)ncn3CCNc3ccccc3)cc12. The number of aromatic nitrogens is 8. The second-order valence-electron chi connectivity index (χ2n) is 13.4. The minimum Gasteiger partial charge on any atom is -0.383 e. The number of nitrogens with one attached hydrogen (secondary N) is 1. The van der Waals surface area contributed by atoms with Crippen molar-refractivity contribution >= 4 is 60.4 Å². The van der Waals surface area contributed by atoms with E-state index in [1.807, 2.05) is 67.3 Å². The van der Waals surface area contributed by atoms with E-state index in [1.165, 1.54) is 12.7 Å². The summed E-state index contributed by atoms with van der Waals surface area (Å²) in [6.07, 6.45) is 8.01. The number of nitrogens with two attached hydrogens (primary N) is 2. The van der Waals surface area contributed by atoms with Gasteiger partial charge in [0, 0.05) is 36.4 Å². The van der Waals surface area contributed by atoms with Gasteiger partial charge in [0.2, 0.25) is 0 Å². The van der Waals surface area contributed by atoms with Crippen molar-refractivity contribution in [3.8, 4) is 43.7 Å². The molecule has 0 aliphatic carbocycles. The number of rotatable bonds is 11. The summed E-state index contributed by atoms with van der Waals surface area (Å²) in [6.45, 7) is 6.98. The first kappa shape index (κ1) is 36.5. The lowest BCUT2D eigenvalue weighted by molar-refractivity contribution is 0.471. The zero-order chi connectivity index (χ0) is 38.4. The lowest BCUT2D eigenvalue weighted by atomic mass is 10.1. The second-order valence-corrected chi connectivity index (χ2v) is 15.5. The third-order valence-corrected chi connectivity index (χ3v) is 11.7. The first-order valence-corrected chi connectivity index (χ1v) is 20.1. The summed E-state index contributed by atoms with van der Waals surface area (Å²) < 4.78 is 4.44. The highest BCUT2D eigenvalue weighted by molar-refractivity contribution is 7.22. The fourth-order valence-electron chi connectivity index (χ4n) is 6.53. The van der Waals surface area contributed by atoms with Crippen molar-refractivity contribution in [1.82, 2.24) is 39.0 Å². The molecule has 11 nitrogen and oxygen atoms in total. The number of nitrogens with zero attached hydrogens (tertiary/aromatic N) is 8. The van der Waals surface area contributed by atoms with Crippen molar-refractivity contribution in [3.05, 3.63) is 128 Å². The van der Waals surface area contributed by atoms with Gasteiger partial charge in [0.1, 0.15) is 34.0 Å². The lowest BCUT2D eigenvalue weighted by Gasteiger charge is -2.13. The van der Waals surface area contributed by atoms with E-state index in [0.717, 1.165) is 95.8 Å². The Bertz CT molecular complexity index is 2680. The Hall–Kier alpha value is -6.44. The van der Waals surface area contributed by atoms with Gasteiger partial charge >= 0.3 is 0 Å². The van der Waals surface area contributed by atoms with E-state index < -0.39 is 0 Å². The molecule has 0 saturated heterocycles. The van der Waals surface area contributed by atoms with Gasteiger partial charge in [0.15, 0.2) is 0 Å². The molecule has 6 aromatic heterocycles. The van der Waals surface area contributed by atoms with E-state index in [1.54, 1.807) is 22.7 Å². The van der Waals surface area contributed by atoms with E-state index >= 15 is 0 Å². The van der Waals surface area contributed by atoms with E-state index in [0.29, 0.717) is 17.6 Å². The van der Waals surface area contributed by atoms with Gasteiger partial charge in [0.25, 0.3) is 0 Å². The van der Waals surface area contributed by atoms with Gasteiger partial charge < -0.3 is 25.9 Å². The van der Waals surface area contributed by atoms with Gasteiger partial charge in [-0.1, -0.05) is 99.1 Å². The molecule has 1 unspecified atom stereocenters. The van der Waals surface area contributed by atoms with E-state index in [-0.39, 0.29) is 0 Å². The molecule has 9 aromatic rings. The molecule has 56 heavy (non-hydrogen) atoms. The van der Waals surface area contributed by atoms with E-state index in [4.69, 9.17) is 21.4 Å². The van der Waals surface area contributed by atoms with E-state index in [2.05, 4.69) is 96.8 Å². The summed E-state index contributed by atoms with van der Waals surface area (Å²) in [4.78, 5) is 30.5. The van der Waals surface area contributed by atoms with Crippen LogP contribution in [0.1, 0.15) is 20.3 Å². The molecule has 1 atom stereocenters. The Morgan fingerprint density at radius 3 is 1.61 bits per heavy atom. The highest BCUT2D eigenvalue weighted by atomic mass is 32.1. The number of hydrogen-bond acceptors (Lipinski definition) is 11. The van der Waals surface area contributed by atoms with Crippen LogP contribution in [0.3, 0.4) is 0 Å². The highest BCUT2D eigenvalue weighted by Gasteiger charge is 2.21.